The Morgan fingerprint density at radius 3 is 2.60 bits per heavy atom. The number of hydrogen-bond acceptors (Lipinski definition) is 3. The summed E-state index contributed by atoms with van der Waals surface area (Å²) < 4.78 is 3.84. The first-order valence-electron chi connectivity index (χ1n) is 4.14. The zero-order valence-corrected chi connectivity index (χ0v) is 9.05. The molecule has 0 aliphatic heterocycles. The van der Waals surface area contributed by atoms with Crippen molar-refractivity contribution in [1.82, 2.24) is 4.37 Å². The van der Waals surface area contributed by atoms with Crippen molar-refractivity contribution in [3.63, 3.8) is 0 Å². The van der Waals surface area contributed by atoms with Gasteiger partial charge in [0.05, 0.1) is 4.88 Å². The fraction of sp³-hybridized carbons (Fsp3) is 0. The zero-order valence-electron chi connectivity index (χ0n) is 7.48. The van der Waals surface area contributed by atoms with E-state index in [4.69, 9.17) is 16.7 Å². The van der Waals surface area contributed by atoms with Crippen molar-refractivity contribution in [1.29, 1.82) is 0 Å². The van der Waals surface area contributed by atoms with Gasteiger partial charge in [-0.2, -0.15) is 4.37 Å². The highest BCUT2D eigenvalue weighted by Crippen LogP contribution is 2.32. The van der Waals surface area contributed by atoms with Gasteiger partial charge in [-0.3, -0.25) is 0 Å². The number of nitrogens with zero attached hydrogens (tertiary/aromatic N) is 1. The first-order valence-corrected chi connectivity index (χ1v) is 5.29. The van der Waals surface area contributed by atoms with E-state index in [0.29, 0.717) is 4.88 Å². The summed E-state index contributed by atoms with van der Waals surface area (Å²) in [5.74, 6) is -1.05. The molecule has 0 saturated carbocycles. The van der Waals surface area contributed by atoms with Gasteiger partial charge in [0.1, 0.15) is 5.56 Å². The lowest BCUT2D eigenvalue weighted by atomic mass is 10.1. The van der Waals surface area contributed by atoms with Crippen LogP contribution in [-0.2, 0) is 0 Å². The van der Waals surface area contributed by atoms with E-state index in [9.17, 15) is 4.79 Å². The molecule has 76 valence electrons. The third-order valence-electron chi connectivity index (χ3n) is 1.90. The summed E-state index contributed by atoms with van der Waals surface area (Å²) in [4.78, 5) is 11.6. The monoisotopic (exact) mass is 239 g/mol. The summed E-state index contributed by atoms with van der Waals surface area (Å²) in [5, 5.41) is 9.03. The zero-order chi connectivity index (χ0) is 10.8. The Bertz CT molecular complexity index is 495. The van der Waals surface area contributed by atoms with Gasteiger partial charge in [-0.05, 0) is 17.1 Å². The summed E-state index contributed by atoms with van der Waals surface area (Å²) in [7, 11) is 0. The van der Waals surface area contributed by atoms with Crippen LogP contribution in [0.15, 0.2) is 30.3 Å². The van der Waals surface area contributed by atoms with Crippen LogP contribution in [0, 0.1) is 0 Å². The van der Waals surface area contributed by atoms with Crippen LogP contribution < -0.4 is 0 Å². The average molecular weight is 240 g/mol. The molecule has 15 heavy (non-hydrogen) atoms. The van der Waals surface area contributed by atoms with E-state index in [1.54, 1.807) is 0 Å². The van der Waals surface area contributed by atoms with E-state index in [-0.39, 0.29) is 10.7 Å². The van der Waals surface area contributed by atoms with Gasteiger partial charge in [0.25, 0.3) is 0 Å². The summed E-state index contributed by atoms with van der Waals surface area (Å²) in [6.45, 7) is 0. The molecule has 1 heterocycles. The fourth-order valence-corrected chi connectivity index (χ4v) is 2.36. The highest BCUT2D eigenvalue weighted by Gasteiger charge is 2.19. The Morgan fingerprint density at radius 1 is 1.33 bits per heavy atom. The van der Waals surface area contributed by atoms with Gasteiger partial charge in [-0.25, -0.2) is 4.79 Å². The molecule has 0 spiro atoms. The van der Waals surface area contributed by atoms with Crippen LogP contribution >= 0.6 is 23.1 Å². The average Bonchev–Trinajstić information content (AvgIpc) is 2.61. The quantitative estimate of drug-likeness (QED) is 0.876. The van der Waals surface area contributed by atoms with Crippen molar-refractivity contribution in [2.75, 3.05) is 0 Å². The lowest BCUT2D eigenvalue weighted by Crippen LogP contribution is -1.96. The normalized spacial score (nSPS) is 10.2. The third-order valence-corrected chi connectivity index (χ3v) is 3.17. The first-order chi connectivity index (χ1) is 7.20. The summed E-state index contributed by atoms with van der Waals surface area (Å²) >= 11 is 6.80. The lowest BCUT2D eigenvalue weighted by Gasteiger charge is -1.98. The van der Waals surface area contributed by atoms with Crippen LogP contribution in [0.4, 0.5) is 0 Å². The van der Waals surface area contributed by atoms with Crippen LogP contribution in [0.25, 0.3) is 10.4 Å². The molecular weight excluding hydrogens is 234 g/mol. The van der Waals surface area contributed by atoms with Crippen molar-refractivity contribution < 1.29 is 9.90 Å². The maximum absolute atomic E-state index is 11.0. The fourth-order valence-electron chi connectivity index (χ4n) is 1.24. The van der Waals surface area contributed by atoms with Crippen LogP contribution in [0.3, 0.4) is 0 Å². The van der Waals surface area contributed by atoms with Gasteiger partial charge in [-0.15, -0.1) is 0 Å². The molecule has 0 unspecified atom stereocenters. The molecule has 2 rings (SSSR count). The molecule has 1 aromatic heterocycles. The number of carboxylic acids is 1. The van der Waals surface area contributed by atoms with Crippen molar-refractivity contribution >= 4 is 29.1 Å². The number of carbonyl (C=O) groups is 1. The van der Waals surface area contributed by atoms with Crippen molar-refractivity contribution in [3.05, 3.63) is 41.0 Å². The van der Waals surface area contributed by atoms with Gasteiger partial charge < -0.3 is 5.11 Å². The van der Waals surface area contributed by atoms with E-state index >= 15 is 0 Å². The summed E-state index contributed by atoms with van der Waals surface area (Å²) in [6.07, 6.45) is 0. The number of halogens is 1. The molecule has 0 atom stereocenters. The highest BCUT2D eigenvalue weighted by molar-refractivity contribution is 7.10. The molecule has 0 amide bonds. The number of rotatable bonds is 2. The summed E-state index contributed by atoms with van der Waals surface area (Å²) in [5.41, 5.74) is 0.896. The molecule has 0 saturated heterocycles. The molecule has 5 heteroatoms. The van der Waals surface area contributed by atoms with Crippen LogP contribution in [-0.4, -0.2) is 15.4 Å². The number of carboxylic acid groups (broad SMARTS) is 1. The van der Waals surface area contributed by atoms with Gasteiger partial charge in [0.15, 0.2) is 5.15 Å². The van der Waals surface area contributed by atoms with E-state index < -0.39 is 5.97 Å². The maximum atomic E-state index is 11.0. The van der Waals surface area contributed by atoms with Crippen LogP contribution in [0.1, 0.15) is 10.4 Å². The van der Waals surface area contributed by atoms with Gasteiger partial charge in [0, 0.05) is 0 Å². The standard InChI is InChI=1S/C10H6ClNO2S/c11-9-7(10(13)14)8(15-12-9)6-4-2-1-3-5-6/h1-5H,(H,13,14). The number of aromatic carboxylic acids is 1. The second-order valence-electron chi connectivity index (χ2n) is 2.85. The molecule has 3 nitrogen and oxygen atoms in total. The Labute approximate surface area is 95.1 Å². The molecule has 1 aromatic carbocycles. The largest absolute Gasteiger partial charge is 0.478 e. The highest BCUT2D eigenvalue weighted by atomic mass is 35.5. The number of aromatic nitrogens is 1. The molecule has 0 bridgehead atoms. The molecule has 0 aliphatic carbocycles. The minimum atomic E-state index is -1.05. The van der Waals surface area contributed by atoms with Crippen molar-refractivity contribution in [3.8, 4) is 10.4 Å². The van der Waals surface area contributed by atoms with E-state index in [1.807, 2.05) is 30.3 Å². The maximum Gasteiger partial charge on any atom is 0.340 e. The van der Waals surface area contributed by atoms with E-state index in [0.717, 1.165) is 17.1 Å². The predicted octanol–water partition coefficient (Wildman–Crippen LogP) is 3.16. The second-order valence-corrected chi connectivity index (χ2v) is 3.98. The molecule has 0 aliphatic rings. The Kier molecular flexibility index (Phi) is 2.70. The second kappa shape index (κ2) is 4.00. The van der Waals surface area contributed by atoms with Crippen LogP contribution in [0.2, 0.25) is 5.15 Å². The smallest absolute Gasteiger partial charge is 0.340 e. The van der Waals surface area contributed by atoms with Gasteiger partial charge >= 0.3 is 5.97 Å². The minimum Gasteiger partial charge on any atom is -0.478 e. The lowest BCUT2D eigenvalue weighted by molar-refractivity contribution is 0.0698. The van der Waals surface area contributed by atoms with Gasteiger partial charge in [0.2, 0.25) is 0 Å². The topological polar surface area (TPSA) is 50.2 Å². The number of benzene rings is 1. The summed E-state index contributed by atoms with van der Waals surface area (Å²) in [6, 6.07) is 9.21. The third kappa shape index (κ3) is 1.86. The van der Waals surface area contributed by atoms with Gasteiger partial charge in [-0.1, -0.05) is 41.9 Å². The van der Waals surface area contributed by atoms with E-state index in [1.165, 1.54) is 0 Å². The molecule has 0 radical (unpaired) electrons. The van der Waals surface area contributed by atoms with E-state index in [2.05, 4.69) is 4.37 Å². The molecule has 1 N–H and O–H groups in total. The molecular formula is C10H6ClNO2S. The first kappa shape index (κ1) is 10.1. The minimum absolute atomic E-state index is 0.0475. The molecule has 2 aromatic rings. The van der Waals surface area contributed by atoms with Crippen LogP contribution in [0.5, 0.6) is 0 Å². The Hall–Kier alpha value is -1.39. The van der Waals surface area contributed by atoms with Crippen molar-refractivity contribution in [2.24, 2.45) is 0 Å². The predicted molar refractivity (Wildman–Crippen MR) is 59.5 cm³/mol. The Balaban J connectivity index is 2.59. The SMILES string of the molecule is O=C(O)c1c(Cl)nsc1-c1ccccc1. The van der Waals surface area contributed by atoms with Crippen molar-refractivity contribution in [2.45, 2.75) is 0 Å². The molecule has 0 fully saturated rings. The Morgan fingerprint density at radius 2 is 2.00 bits per heavy atom. The number of hydrogen-bond donors (Lipinski definition) is 1.